The molecule has 0 spiro atoms. The van der Waals surface area contributed by atoms with Gasteiger partial charge in [-0.25, -0.2) is 0 Å². The topological polar surface area (TPSA) is 15.6 Å². The van der Waals surface area contributed by atoms with E-state index < -0.39 is 0 Å². The maximum Gasteiger partial charge on any atom is 0.168 e. The molecule has 96 valence electrons. The number of hydrogen-bond donors (Lipinski definition) is 0. The van der Waals surface area contributed by atoms with E-state index in [-0.39, 0.29) is 0 Å². The molecule has 19 heavy (non-hydrogen) atoms. The van der Waals surface area contributed by atoms with Crippen LogP contribution in [0.25, 0.3) is 15.8 Å². The molecule has 2 aliphatic rings. The van der Waals surface area contributed by atoms with E-state index in [0.717, 1.165) is 13.1 Å². The molecule has 0 fully saturated rings. The van der Waals surface area contributed by atoms with Gasteiger partial charge in [0.15, 0.2) is 5.17 Å². The Balaban J connectivity index is 1.96. The van der Waals surface area contributed by atoms with Crippen molar-refractivity contribution in [3.63, 3.8) is 0 Å². The van der Waals surface area contributed by atoms with Gasteiger partial charge in [0.1, 0.15) is 0 Å². The zero-order valence-corrected chi connectivity index (χ0v) is 12.6. The van der Waals surface area contributed by atoms with Crippen molar-refractivity contribution in [3.05, 3.63) is 39.6 Å². The van der Waals surface area contributed by atoms with Crippen LogP contribution in [0.5, 0.6) is 0 Å². The van der Waals surface area contributed by atoms with Crippen LogP contribution in [-0.4, -0.2) is 23.2 Å². The number of aryl methyl sites for hydroxylation is 1. The number of thiophene rings is 1. The lowest BCUT2D eigenvalue weighted by atomic mass is 10.0. The zero-order chi connectivity index (χ0) is 13.0. The fourth-order valence-corrected chi connectivity index (χ4v) is 4.78. The highest BCUT2D eigenvalue weighted by Gasteiger charge is 2.31. The first-order valence-corrected chi connectivity index (χ1v) is 8.13. The van der Waals surface area contributed by atoms with Gasteiger partial charge in [0.2, 0.25) is 0 Å². The van der Waals surface area contributed by atoms with Gasteiger partial charge >= 0.3 is 0 Å². The van der Waals surface area contributed by atoms with Gasteiger partial charge in [-0.3, -0.25) is 4.99 Å². The summed E-state index contributed by atoms with van der Waals surface area (Å²) in [6.45, 7) is 6.35. The van der Waals surface area contributed by atoms with Crippen molar-refractivity contribution in [2.45, 2.75) is 13.8 Å². The molecule has 0 saturated heterocycles. The molecular formula is C15H14N2S2. The minimum absolute atomic E-state index is 0.928. The Morgan fingerprint density at radius 3 is 3.00 bits per heavy atom. The molecule has 1 aromatic heterocycles. The first-order valence-electron chi connectivity index (χ1n) is 6.43. The molecule has 0 saturated carbocycles. The SMILES string of the molecule is CC1=C(c2ccc(C)c3sccc23)N2CCN=C2S1. The predicted octanol–water partition coefficient (Wildman–Crippen LogP) is 4.32. The van der Waals surface area contributed by atoms with Crippen molar-refractivity contribution in [1.82, 2.24) is 4.90 Å². The third kappa shape index (κ3) is 1.60. The Morgan fingerprint density at radius 1 is 1.21 bits per heavy atom. The maximum absolute atomic E-state index is 4.58. The Kier molecular flexibility index (Phi) is 2.50. The second-order valence-corrected chi connectivity index (χ2v) is 7.01. The monoisotopic (exact) mass is 286 g/mol. The van der Waals surface area contributed by atoms with Gasteiger partial charge < -0.3 is 4.90 Å². The third-order valence-corrected chi connectivity index (χ3v) is 5.80. The van der Waals surface area contributed by atoms with Gasteiger partial charge in [-0.05, 0) is 30.9 Å². The average molecular weight is 286 g/mol. The lowest BCUT2D eigenvalue weighted by Crippen LogP contribution is -2.20. The van der Waals surface area contributed by atoms with Crippen molar-refractivity contribution in [3.8, 4) is 0 Å². The number of aliphatic imine (C=N–C) groups is 1. The van der Waals surface area contributed by atoms with Crippen molar-refractivity contribution in [2.24, 2.45) is 4.99 Å². The molecule has 0 atom stereocenters. The molecule has 4 heteroatoms. The fourth-order valence-electron chi connectivity index (χ4n) is 2.84. The van der Waals surface area contributed by atoms with E-state index in [1.54, 1.807) is 0 Å². The molecule has 1 aromatic carbocycles. The smallest absolute Gasteiger partial charge is 0.168 e. The maximum atomic E-state index is 4.58. The quantitative estimate of drug-likeness (QED) is 0.776. The molecule has 0 amide bonds. The Labute approximate surface area is 120 Å². The van der Waals surface area contributed by atoms with Gasteiger partial charge in [0, 0.05) is 27.1 Å². The summed E-state index contributed by atoms with van der Waals surface area (Å²) < 4.78 is 1.41. The molecule has 2 aliphatic heterocycles. The van der Waals surface area contributed by atoms with Crippen LogP contribution in [0.2, 0.25) is 0 Å². The summed E-state index contributed by atoms with van der Waals surface area (Å²) in [5.74, 6) is 0. The van der Waals surface area contributed by atoms with E-state index in [9.17, 15) is 0 Å². The molecule has 0 radical (unpaired) electrons. The van der Waals surface area contributed by atoms with Crippen LogP contribution in [0.3, 0.4) is 0 Å². The van der Waals surface area contributed by atoms with E-state index in [4.69, 9.17) is 0 Å². The van der Waals surface area contributed by atoms with Gasteiger partial charge in [-0.1, -0.05) is 23.9 Å². The number of benzene rings is 1. The second kappa shape index (κ2) is 4.12. The Morgan fingerprint density at radius 2 is 2.11 bits per heavy atom. The zero-order valence-electron chi connectivity index (χ0n) is 10.9. The van der Waals surface area contributed by atoms with Crippen molar-refractivity contribution < 1.29 is 0 Å². The second-order valence-electron chi connectivity index (χ2n) is 4.92. The van der Waals surface area contributed by atoms with Crippen molar-refractivity contribution >= 4 is 44.0 Å². The summed E-state index contributed by atoms with van der Waals surface area (Å²) >= 11 is 3.65. The summed E-state index contributed by atoms with van der Waals surface area (Å²) in [5.41, 5.74) is 4.09. The van der Waals surface area contributed by atoms with Crippen molar-refractivity contribution in [1.29, 1.82) is 0 Å². The number of thioether (sulfide) groups is 1. The summed E-state index contributed by atoms with van der Waals surface area (Å²) in [7, 11) is 0. The Bertz CT molecular complexity index is 740. The molecule has 2 aromatic rings. The lowest BCUT2D eigenvalue weighted by Gasteiger charge is -2.18. The van der Waals surface area contributed by atoms with Crippen LogP contribution in [0, 0.1) is 6.92 Å². The van der Waals surface area contributed by atoms with E-state index in [1.807, 2.05) is 23.1 Å². The molecule has 0 N–H and O–H groups in total. The van der Waals surface area contributed by atoms with Crippen LogP contribution in [0.1, 0.15) is 18.1 Å². The Hall–Kier alpha value is -1.26. The number of amidine groups is 1. The van der Waals surface area contributed by atoms with Gasteiger partial charge in [0.25, 0.3) is 0 Å². The lowest BCUT2D eigenvalue weighted by molar-refractivity contribution is 0.648. The number of rotatable bonds is 1. The van der Waals surface area contributed by atoms with Crippen LogP contribution in [0.4, 0.5) is 0 Å². The fraction of sp³-hybridized carbons (Fsp3) is 0.267. The minimum Gasteiger partial charge on any atom is -0.318 e. The summed E-state index contributed by atoms with van der Waals surface area (Å²) in [5, 5.41) is 4.75. The molecule has 2 nitrogen and oxygen atoms in total. The van der Waals surface area contributed by atoms with Crippen LogP contribution >= 0.6 is 23.1 Å². The molecule has 0 bridgehead atoms. The number of nitrogens with zero attached hydrogens (tertiary/aromatic N) is 2. The molecule has 0 unspecified atom stereocenters. The van der Waals surface area contributed by atoms with Gasteiger partial charge in [-0.15, -0.1) is 11.3 Å². The van der Waals surface area contributed by atoms with Crippen molar-refractivity contribution in [2.75, 3.05) is 13.1 Å². The standard InChI is InChI=1S/C15H14N2S2/c1-9-3-4-11(12-5-8-18-14(9)12)13-10(2)19-15-16-6-7-17(13)15/h3-5,8H,6-7H2,1-2H3. The molecular weight excluding hydrogens is 272 g/mol. The predicted molar refractivity (Wildman–Crippen MR) is 85.8 cm³/mol. The molecule has 4 rings (SSSR count). The summed E-state index contributed by atoms with van der Waals surface area (Å²) in [6, 6.07) is 6.76. The first-order chi connectivity index (χ1) is 9.25. The van der Waals surface area contributed by atoms with Crippen LogP contribution in [0.15, 0.2) is 33.5 Å². The highest BCUT2D eigenvalue weighted by Crippen LogP contribution is 2.44. The summed E-state index contributed by atoms with van der Waals surface area (Å²) in [4.78, 5) is 8.32. The third-order valence-electron chi connectivity index (χ3n) is 3.72. The largest absolute Gasteiger partial charge is 0.318 e. The molecule has 0 aliphatic carbocycles. The highest BCUT2D eigenvalue weighted by molar-refractivity contribution is 8.17. The normalized spacial score (nSPS) is 18.4. The van der Waals surface area contributed by atoms with Gasteiger partial charge in [-0.2, -0.15) is 0 Å². The van der Waals surface area contributed by atoms with E-state index in [0.29, 0.717) is 0 Å². The van der Waals surface area contributed by atoms with E-state index in [2.05, 4.69) is 47.3 Å². The number of allylic oxidation sites excluding steroid dienone is 1. The van der Waals surface area contributed by atoms with Gasteiger partial charge in [0.05, 0.1) is 12.2 Å². The summed E-state index contributed by atoms with van der Waals surface area (Å²) in [6.07, 6.45) is 0. The molecule has 3 heterocycles. The van der Waals surface area contributed by atoms with Crippen LogP contribution in [-0.2, 0) is 0 Å². The first kappa shape index (κ1) is 11.6. The minimum atomic E-state index is 0.928. The number of hydrogen-bond acceptors (Lipinski definition) is 4. The van der Waals surface area contributed by atoms with E-state index in [1.165, 1.54) is 37.0 Å². The van der Waals surface area contributed by atoms with Crippen LogP contribution < -0.4 is 0 Å². The average Bonchev–Trinajstić information content (AvgIpc) is 3.05. The number of fused-ring (bicyclic) bond motifs is 2. The van der Waals surface area contributed by atoms with E-state index >= 15 is 0 Å². The highest BCUT2D eigenvalue weighted by atomic mass is 32.2.